The number of nitrogens with one attached hydrogen (secondary N) is 2. The van der Waals surface area contributed by atoms with Gasteiger partial charge < -0.3 is 15.5 Å². The molecule has 0 saturated carbocycles. The molecule has 0 aliphatic rings. The van der Waals surface area contributed by atoms with Crippen molar-refractivity contribution in [1.29, 1.82) is 0 Å². The highest BCUT2D eigenvalue weighted by molar-refractivity contribution is 6.42. The largest absolute Gasteiger partial charge is 0.352 e. The lowest BCUT2D eigenvalue weighted by atomic mass is 10.2. The third-order valence-electron chi connectivity index (χ3n) is 3.96. The number of nitrogens with zero attached hydrogens (tertiary/aromatic N) is 1. The first-order valence-electron chi connectivity index (χ1n) is 8.71. The summed E-state index contributed by atoms with van der Waals surface area (Å²) in [7, 11) is 0. The van der Waals surface area contributed by atoms with Crippen LogP contribution in [0.1, 0.15) is 36.7 Å². The average Bonchev–Trinajstić information content (AvgIpc) is 2.63. The number of anilines is 1. The van der Waals surface area contributed by atoms with E-state index in [1.54, 1.807) is 41.3 Å². The molecule has 0 spiro atoms. The van der Waals surface area contributed by atoms with Gasteiger partial charge in [0, 0.05) is 30.4 Å². The van der Waals surface area contributed by atoms with Crippen LogP contribution in [0, 0.1) is 0 Å². The summed E-state index contributed by atoms with van der Waals surface area (Å²) in [6.07, 6.45) is 0. The number of amides is 3. The molecular weight excluding hydrogens is 385 g/mol. The number of benzene rings is 2. The Labute approximate surface area is 169 Å². The predicted octanol–water partition coefficient (Wildman–Crippen LogP) is 5.19. The van der Waals surface area contributed by atoms with E-state index in [9.17, 15) is 9.59 Å². The van der Waals surface area contributed by atoms with Crippen LogP contribution < -0.4 is 10.6 Å². The molecule has 0 aromatic heterocycles. The molecule has 0 aliphatic carbocycles. The number of halogens is 2. The molecule has 27 heavy (non-hydrogen) atoms. The lowest BCUT2D eigenvalue weighted by Crippen LogP contribution is -2.39. The number of hydrogen-bond acceptors (Lipinski definition) is 2. The fraction of sp³-hybridized carbons (Fsp3) is 0.300. The molecule has 0 heterocycles. The van der Waals surface area contributed by atoms with Crippen LogP contribution in [0.3, 0.4) is 0 Å². The van der Waals surface area contributed by atoms with Crippen molar-refractivity contribution < 1.29 is 9.59 Å². The van der Waals surface area contributed by atoms with Gasteiger partial charge in [0.15, 0.2) is 0 Å². The van der Waals surface area contributed by atoms with Gasteiger partial charge >= 0.3 is 6.03 Å². The molecule has 144 valence electrons. The fourth-order valence-electron chi connectivity index (χ4n) is 2.49. The Kier molecular flexibility index (Phi) is 7.51. The Morgan fingerprint density at radius 3 is 2.26 bits per heavy atom. The monoisotopic (exact) mass is 407 g/mol. The smallest absolute Gasteiger partial charge is 0.322 e. The summed E-state index contributed by atoms with van der Waals surface area (Å²) in [5.41, 5.74) is 2.05. The average molecular weight is 408 g/mol. The summed E-state index contributed by atoms with van der Waals surface area (Å²) >= 11 is 12.0. The standard InChI is InChI=1S/C20H23Cl2N3O2/c1-4-23-19(26)15-6-8-16(9-7-15)24-20(27)25(13(2)3)12-14-5-10-17(21)18(22)11-14/h5-11,13H,4,12H2,1-3H3,(H,23,26)(H,24,27). The summed E-state index contributed by atoms with van der Waals surface area (Å²) < 4.78 is 0. The molecule has 5 nitrogen and oxygen atoms in total. The highest BCUT2D eigenvalue weighted by Crippen LogP contribution is 2.24. The zero-order chi connectivity index (χ0) is 20.0. The zero-order valence-electron chi connectivity index (χ0n) is 15.6. The second-order valence-electron chi connectivity index (χ2n) is 6.34. The van der Waals surface area contributed by atoms with Crippen molar-refractivity contribution in [3.63, 3.8) is 0 Å². The second kappa shape index (κ2) is 9.62. The van der Waals surface area contributed by atoms with Crippen molar-refractivity contribution in [2.75, 3.05) is 11.9 Å². The summed E-state index contributed by atoms with van der Waals surface area (Å²) in [4.78, 5) is 26.2. The molecule has 0 fully saturated rings. The van der Waals surface area contributed by atoms with Crippen molar-refractivity contribution >= 4 is 40.8 Å². The van der Waals surface area contributed by atoms with Crippen LogP contribution in [-0.4, -0.2) is 29.4 Å². The van der Waals surface area contributed by atoms with E-state index in [-0.39, 0.29) is 18.0 Å². The molecule has 0 aliphatic heterocycles. The van der Waals surface area contributed by atoms with E-state index in [0.29, 0.717) is 34.4 Å². The van der Waals surface area contributed by atoms with Gasteiger partial charge in [0.25, 0.3) is 5.91 Å². The van der Waals surface area contributed by atoms with E-state index in [4.69, 9.17) is 23.2 Å². The van der Waals surface area contributed by atoms with Crippen molar-refractivity contribution in [3.05, 3.63) is 63.6 Å². The first kappa shape index (κ1) is 21.1. The molecule has 2 N–H and O–H groups in total. The topological polar surface area (TPSA) is 61.4 Å². The molecule has 2 aromatic rings. The molecule has 0 saturated heterocycles. The summed E-state index contributed by atoms with van der Waals surface area (Å²) in [5, 5.41) is 6.54. The predicted molar refractivity (Wildman–Crippen MR) is 111 cm³/mol. The normalized spacial score (nSPS) is 10.6. The maximum Gasteiger partial charge on any atom is 0.322 e. The summed E-state index contributed by atoms with van der Waals surface area (Å²) in [5.74, 6) is -0.140. The van der Waals surface area contributed by atoms with E-state index in [2.05, 4.69) is 10.6 Å². The molecule has 0 atom stereocenters. The SMILES string of the molecule is CCNC(=O)c1ccc(NC(=O)N(Cc2ccc(Cl)c(Cl)c2)C(C)C)cc1. The molecule has 0 unspecified atom stereocenters. The van der Waals surface area contributed by atoms with Gasteiger partial charge in [-0.2, -0.15) is 0 Å². The Bertz CT molecular complexity index is 807. The van der Waals surface area contributed by atoms with Crippen molar-refractivity contribution in [2.24, 2.45) is 0 Å². The van der Waals surface area contributed by atoms with Gasteiger partial charge in [0.05, 0.1) is 10.0 Å². The van der Waals surface area contributed by atoms with E-state index >= 15 is 0 Å². The Hall–Kier alpha value is -2.24. The first-order chi connectivity index (χ1) is 12.8. The van der Waals surface area contributed by atoms with E-state index in [1.165, 1.54) is 0 Å². The second-order valence-corrected chi connectivity index (χ2v) is 7.15. The number of carbonyl (C=O) groups excluding carboxylic acids is 2. The van der Waals surface area contributed by atoms with Gasteiger partial charge in [-0.1, -0.05) is 29.3 Å². The van der Waals surface area contributed by atoms with Crippen LogP contribution in [0.15, 0.2) is 42.5 Å². The maximum absolute atomic E-state index is 12.7. The number of rotatable bonds is 6. The minimum absolute atomic E-state index is 0.0194. The number of carbonyl (C=O) groups is 2. The van der Waals surface area contributed by atoms with Crippen LogP contribution in [0.4, 0.5) is 10.5 Å². The minimum Gasteiger partial charge on any atom is -0.352 e. The summed E-state index contributed by atoms with van der Waals surface area (Å²) in [6, 6.07) is 11.8. The minimum atomic E-state index is -0.234. The maximum atomic E-state index is 12.7. The van der Waals surface area contributed by atoms with Crippen molar-refractivity contribution in [2.45, 2.75) is 33.4 Å². The van der Waals surface area contributed by atoms with Crippen LogP contribution >= 0.6 is 23.2 Å². The van der Waals surface area contributed by atoms with E-state index in [1.807, 2.05) is 26.8 Å². The molecule has 7 heteroatoms. The van der Waals surface area contributed by atoms with E-state index < -0.39 is 0 Å². The number of hydrogen-bond donors (Lipinski definition) is 2. The Morgan fingerprint density at radius 2 is 1.70 bits per heavy atom. The zero-order valence-corrected chi connectivity index (χ0v) is 17.1. The summed E-state index contributed by atoms with van der Waals surface area (Å²) in [6.45, 7) is 6.71. The third-order valence-corrected chi connectivity index (χ3v) is 4.70. The molecule has 0 bridgehead atoms. The van der Waals surface area contributed by atoms with Gasteiger partial charge in [-0.25, -0.2) is 4.79 Å². The Balaban J connectivity index is 2.08. The van der Waals surface area contributed by atoms with Crippen LogP contribution in [0.25, 0.3) is 0 Å². The number of urea groups is 1. The lowest BCUT2D eigenvalue weighted by Gasteiger charge is -2.27. The van der Waals surface area contributed by atoms with E-state index in [0.717, 1.165) is 5.56 Å². The third kappa shape index (κ3) is 5.88. The van der Waals surface area contributed by atoms with Gasteiger partial charge in [-0.3, -0.25) is 4.79 Å². The molecule has 3 amide bonds. The molecule has 2 rings (SSSR count). The van der Waals surface area contributed by atoms with Gasteiger partial charge in [0.2, 0.25) is 0 Å². The van der Waals surface area contributed by atoms with Gasteiger partial charge in [-0.15, -0.1) is 0 Å². The van der Waals surface area contributed by atoms with Crippen molar-refractivity contribution in [1.82, 2.24) is 10.2 Å². The molecule has 0 radical (unpaired) electrons. The van der Waals surface area contributed by atoms with Crippen LogP contribution in [0.5, 0.6) is 0 Å². The quantitative estimate of drug-likeness (QED) is 0.692. The lowest BCUT2D eigenvalue weighted by molar-refractivity contribution is 0.0956. The van der Waals surface area contributed by atoms with Crippen LogP contribution in [0.2, 0.25) is 10.0 Å². The fourth-order valence-corrected chi connectivity index (χ4v) is 2.81. The van der Waals surface area contributed by atoms with Gasteiger partial charge in [0.1, 0.15) is 0 Å². The highest BCUT2D eigenvalue weighted by Gasteiger charge is 2.18. The highest BCUT2D eigenvalue weighted by atomic mass is 35.5. The van der Waals surface area contributed by atoms with Gasteiger partial charge in [-0.05, 0) is 62.7 Å². The Morgan fingerprint density at radius 1 is 1.04 bits per heavy atom. The van der Waals surface area contributed by atoms with Crippen LogP contribution in [-0.2, 0) is 6.54 Å². The molecular formula is C20H23Cl2N3O2. The first-order valence-corrected chi connectivity index (χ1v) is 9.47. The molecule has 2 aromatic carbocycles. The van der Waals surface area contributed by atoms with Crippen molar-refractivity contribution in [3.8, 4) is 0 Å².